The molecule has 2 heterocycles. The quantitative estimate of drug-likeness (QED) is 0.415. The molecule has 0 saturated carbocycles. The number of rotatable bonds is 2. The van der Waals surface area contributed by atoms with Crippen molar-refractivity contribution < 1.29 is 9.21 Å². The molecular weight excluding hydrogens is 398 g/mol. The van der Waals surface area contributed by atoms with Gasteiger partial charge in [0.2, 0.25) is 5.76 Å². The third kappa shape index (κ3) is 2.84. The lowest BCUT2D eigenvalue weighted by Gasteiger charge is -2.25. The van der Waals surface area contributed by atoms with Crippen LogP contribution in [0.1, 0.15) is 38.9 Å². The smallest absolute Gasteiger partial charge is 0.295 e. The SMILES string of the molecule is Cc1cccc(N2C(=O)c3oc4ccc(C)cc4c(=O)c3C2c2cccc(Cl)c2)c1. The van der Waals surface area contributed by atoms with Crippen LogP contribution in [-0.4, -0.2) is 5.91 Å². The van der Waals surface area contributed by atoms with Crippen molar-refractivity contribution in [1.82, 2.24) is 0 Å². The number of amides is 1. The minimum absolute atomic E-state index is 0.0860. The van der Waals surface area contributed by atoms with Crippen molar-refractivity contribution in [2.75, 3.05) is 4.90 Å². The molecule has 1 aliphatic rings. The minimum Gasteiger partial charge on any atom is -0.450 e. The first-order valence-corrected chi connectivity index (χ1v) is 10.0. The lowest BCUT2D eigenvalue weighted by molar-refractivity contribution is 0.0971. The van der Waals surface area contributed by atoms with Crippen molar-refractivity contribution in [3.8, 4) is 0 Å². The van der Waals surface area contributed by atoms with Crippen LogP contribution in [0.25, 0.3) is 11.0 Å². The Labute approximate surface area is 178 Å². The largest absolute Gasteiger partial charge is 0.450 e. The molecule has 1 unspecified atom stereocenters. The number of nitrogens with zero attached hydrogens (tertiary/aromatic N) is 1. The highest BCUT2D eigenvalue weighted by Crippen LogP contribution is 2.41. The van der Waals surface area contributed by atoms with Crippen molar-refractivity contribution in [3.63, 3.8) is 0 Å². The van der Waals surface area contributed by atoms with E-state index in [-0.39, 0.29) is 17.1 Å². The lowest BCUT2D eigenvalue weighted by atomic mass is 9.98. The topological polar surface area (TPSA) is 50.5 Å². The van der Waals surface area contributed by atoms with Crippen LogP contribution in [0.15, 0.2) is 75.9 Å². The van der Waals surface area contributed by atoms with Gasteiger partial charge in [0.05, 0.1) is 17.0 Å². The number of carbonyl (C=O) groups is 1. The standard InChI is InChI=1S/C25H18ClNO3/c1-14-5-3-8-18(11-14)27-22(16-6-4-7-17(26)13-16)21-23(28)19-12-15(2)9-10-20(19)30-24(21)25(27)29/h3-13,22H,1-2H3. The first kappa shape index (κ1) is 18.6. The molecule has 5 rings (SSSR count). The fourth-order valence-corrected chi connectivity index (χ4v) is 4.32. The van der Waals surface area contributed by atoms with E-state index in [0.29, 0.717) is 27.2 Å². The Hall–Kier alpha value is -3.37. The van der Waals surface area contributed by atoms with E-state index in [1.165, 1.54) is 0 Å². The van der Waals surface area contributed by atoms with Crippen LogP contribution in [0.2, 0.25) is 5.02 Å². The molecule has 0 N–H and O–H groups in total. The molecule has 0 saturated heterocycles. The summed E-state index contributed by atoms with van der Waals surface area (Å²) in [6, 6.07) is 19.7. The van der Waals surface area contributed by atoms with Gasteiger partial charge in [0.1, 0.15) is 5.58 Å². The zero-order chi connectivity index (χ0) is 21.0. The van der Waals surface area contributed by atoms with Gasteiger partial charge in [0.25, 0.3) is 5.91 Å². The van der Waals surface area contributed by atoms with Crippen LogP contribution in [0.4, 0.5) is 5.69 Å². The predicted molar refractivity (Wildman–Crippen MR) is 119 cm³/mol. The van der Waals surface area contributed by atoms with Gasteiger partial charge in [0.15, 0.2) is 5.43 Å². The lowest BCUT2D eigenvalue weighted by Crippen LogP contribution is -2.29. The van der Waals surface area contributed by atoms with E-state index >= 15 is 0 Å². The second kappa shape index (κ2) is 6.85. The Morgan fingerprint density at radius 1 is 0.900 bits per heavy atom. The zero-order valence-electron chi connectivity index (χ0n) is 16.5. The third-order valence-corrected chi connectivity index (χ3v) is 5.70. The average molecular weight is 416 g/mol. The summed E-state index contributed by atoms with van der Waals surface area (Å²) in [6.45, 7) is 3.89. The molecule has 0 fully saturated rings. The molecular formula is C25H18ClNO3. The molecule has 0 bridgehead atoms. The Morgan fingerprint density at radius 3 is 2.43 bits per heavy atom. The van der Waals surface area contributed by atoms with Crippen molar-refractivity contribution in [3.05, 3.63) is 110 Å². The van der Waals surface area contributed by atoms with Gasteiger partial charge in [-0.2, -0.15) is 0 Å². The molecule has 30 heavy (non-hydrogen) atoms. The maximum Gasteiger partial charge on any atom is 0.295 e. The summed E-state index contributed by atoms with van der Waals surface area (Å²) < 4.78 is 5.99. The summed E-state index contributed by atoms with van der Waals surface area (Å²) in [4.78, 5) is 28.7. The van der Waals surface area contributed by atoms with Crippen molar-refractivity contribution in [2.24, 2.45) is 0 Å². The van der Waals surface area contributed by atoms with Crippen LogP contribution in [0.5, 0.6) is 0 Å². The van der Waals surface area contributed by atoms with E-state index in [0.717, 1.165) is 16.7 Å². The van der Waals surface area contributed by atoms with Gasteiger partial charge in [-0.15, -0.1) is 0 Å². The Kier molecular flexibility index (Phi) is 4.26. The predicted octanol–water partition coefficient (Wildman–Crippen LogP) is 5.81. The molecule has 1 atom stereocenters. The second-order valence-electron chi connectivity index (χ2n) is 7.65. The number of hydrogen-bond acceptors (Lipinski definition) is 3. The van der Waals surface area contributed by atoms with Crippen molar-refractivity contribution in [2.45, 2.75) is 19.9 Å². The monoisotopic (exact) mass is 415 g/mol. The normalized spacial score (nSPS) is 15.6. The van der Waals surface area contributed by atoms with E-state index in [9.17, 15) is 9.59 Å². The Balaban J connectivity index is 1.84. The molecule has 0 spiro atoms. The van der Waals surface area contributed by atoms with Crippen LogP contribution in [-0.2, 0) is 0 Å². The van der Waals surface area contributed by atoms with E-state index in [1.807, 2.05) is 56.3 Å². The van der Waals surface area contributed by atoms with Gasteiger partial charge in [-0.05, 0) is 61.4 Å². The highest BCUT2D eigenvalue weighted by molar-refractivity contribution is 6.30. The van der Waals surface area contributed by atoms with Gasteiger partial charge in [0, 0.05) is 10.7 Å². The minimum atomic E-state index is -0.617. The first-order valence-electron chi connectivity index (χ1n) is 9.67. The molecule has 5 heteroatoms. The van der Waals surface area contributed by atoms with Gasteiger partial charge >= 0.3 is 0 Å². The number of halogens is 1. The summed E-state index contributed by atoms with van der Waals surface area (Å²) in [7, 11) is 0. The molecule has 1 aliphatic heterocycles. The summed E-state index contributed by atoms with van der Waals surface area (Å²) >= 11 is 6.26. The number of anilines is 1. The zero-order valence-corrected chi connectivity index (χ0v) is 17.2. The van der Waals surface area contributed by atoms with E-state index in [4.69, 9.17) is 16.0 Å². The molecule has 0 radical (unpaired) electrons. The summed E-state index contributed by atoms with van der Waals surface area (Å²) in [6.07, 6.45) is 0. The van der Waals surface area contributed by atoms with Gasteiger partial charge in [-0.3, -0.25) is 14.5 Å². The fourth-order valence-electron chi connectivity index (χ4n) is 4.12. The number of aryl methyl sites for hydroxylation is 2. The molecule has 4 aromatic rings. The molecule has 1 aromatic heterocycles. The number of benzene rings is 3. The molecule has 1 amide bonds. The van der Waals surface area contributed by atoms with Gasteiger partial charge in [-0.1, -0.05) is 47.5 Å². The second-order valence-corrected chi connectivity index (χ2v) is 8.08. The highest BCUT2D eigenvalue weighted by Gasteiger charge is 2.43. The summed E-state index contributed by atoms with van der Waals surface area (Å²) in [5.74, 6) is -0.247. The fraction of sp³-hybridized carbons (Fsp3) is 0.120. The average Bonchev–Trinajstić information content (AvgIpc) is 3.01. The molecule has 0 aliphatic carbocycles. The third-order valence-electron chi connectivity index (χ3n) is 5.47. The van der Waals surface area contributed by atoms with E-state index in [2.05, 4.69) is 0 Å². The first-order chi connectivity index (χ1) is 14.4. The molecule has 3 aromatic carbocycles. The van der Waals surface area contributed by atoms with E-state index in [1.54, 1.807) is 29.2 Å². The Bertz CT molecular complexity index is 1390. The van der Waals surface area contributed by atoms with Crippen LogP contribution < -0.4 is 10.3 Å². The maximum absolute atomic E-state index is 13.6. The van der Waals surface area contributed by atoms with Crippen molar-refractivity contribution >= 4 is 34.2 Å². The highest BCUT2D eigenvalue weighted by atomic mass is 35.5. The number of fused-ring (bicyclic) bond motifs is 2. The maximum atomic E-state index is 13.6. The Morgan fingerprint density at radius 2 is 1.67 bits per heavy atom. The van der Waals surface area contributed by atoms with Gasteiger partial charge < -0.3 is 4.42 Å². The summed E-state index contributed by atoms with van der Waals surface area (Å²) in [5.41, 5.74) is 4.00. The van der Waals surface area contributed by atoms with Crippen molar-refractivity contribution in [1.29, 1.82) is 0 Å². The number of carbonyl (C=O) groups excluding carboxylic acids is 1. The molecule has 4 nitrogen and oxygen atoms in total. The van der Waals surface area contributed by atoms with Crippen LogP contribution in [0, 0.1) is 13.8 Å². The van der Waals surface area contributed by atoms with Crippen LogP contribution in [0.3, 0.4) is 0 Å². The van der Waals surface area contributed by atoms with E-state index < -0.39 is 6.04 Å². The summed E-state index contributed by atoms with van der Waals surface area (Å²) in [5, 5.41) is 1.01. The van der Waals surface area contributed by atoms with Crippen LogP contribution >= 0.6 is 11.6 Å². The molecule has 148 valence electrons. The van der Waals surface area contributed by atoms with Gasteiger partial charge in [-0.25, -0.2) is 0 Å². The number of hydrogen-bond donors (Lipinski definition) is 0.